The number of hydrogen-bond acceptors (Lipinski definition) is 2. The highest BCUT2D eigenvalue weighted by Crippen LogP contribution is 2.40. The molecule has 1 aromatic carbocycles. The number of rotatable bonds is 4. The van der Waals surface area contributed by atoms with Crippen LogP contribution < -0.4 is 15.8 Å². The second kappa shape index (κ2) is 7.38. The number of ether oxygens (including phenoxy) is 1. The van der Waals surface area contributed by atoms with E-state index in [9.17, 15) is 13.2 Å². The summed E-state index contributed by atoms with van der Waals surface area (Å²) < 4.78 is 40.9. The van der Waals surface area contributed by atoms with Crippen molar-refractivity contribution in [2.45, 2.75) is 32.5 Å². The van der Waals surface area contributed by atoms with Crippen LogP contribution in [0.4, 0.5) is 18.9 Å². The molecule has 0 unspecified atom stereocenters. The zero-order valence-electron chi connectivity index (χ0n) is 12.1. The number of aliphatic imine (C=N–C) groups is 1. The lowest BCUT2D eigenvalue weighted by molar-refractivity contribution is -0.274. The van der Waals surface area contributed by atoms with Gasteiger partial charge in [-0.15, -0.1) is 37.1 Å². The Morgan fingerprint density at radius 3 is 2.55 bits per heavy atom. The second-order valence-corrected chi connectivity index (χ2v) is 5.53. The minimum atomic E-state index is -4.75. The molecule has 8 heteroatoms. The van der Waals surface area contributed by atoms with E-state index in [1.54, 1.807) is 6.07 Å². The molecule has 1 saturated carbocycles. The molecule has 4 nitrogen and oxygen atoms in total. The van der Waals surface area contributed by atoms with Gasteiger partial charge in [-0.1, -0.05) is 25.5 Å². The first kappa shape index (κ1) is 18.9. The number of nitrogens with two attached hydrogens (primary N) is 1. The van der Waals surface area contributed by atoms with Crippen molar-refractivity contribution in [1.29, 1.82) is 0 Å². The Morgan fingerprint density at radius 2 is 2.00 bits per heavy atom. The Morgan fingerprint density at radius 1 is 1.36 bits per heavy atom. The maximum Gasteiger partial charge on any atom is 0.573 e. The predicted molar refractivity (Wildman–Crippen MR) is 90.6 cm³/mol. The average molecular weight is 429 g/mol. The van der Waals surface area contributed by atoms with Gasteiger partial charge in [0.1, 0.15) is 0 Å². The van der Waals surface area contributed by atoms with Crippen molar-refractivity contribution in [3.63, 3.8) is 0 Å². The number of nitrogens with zero attached hydrogens (tertiary/aromatic N) is 1. The maximum atomic E-state index is 12.3. The maximum absolute atomic E-state index is 12.3. The molecule has 0 spiro atoms. The van der Waals surface area contributed by atoms with Gasteiger partial charge in [0.25, 0.3) is 0 Å². The fourth-order valence-corrected chi connectivity index (χ4v) is 2.18. The number of alkyl halides is 3. The molecule has 0 atom stereocenters. The number of benzene rings is 1. The molecule has 124 valence electrons. The molecule has 1 aromatic rings. The highest BCUT2D eigenvalue weighted by Gasteiger charge is 2.32. The van der Waals surface area contributed by atoms with E-state index in [0.29, 0.717) is 6.54 Å². The Kier molecular flexibility index (Phi) is 6.33. The standard InChI is InChI=1S/C14H18F3N3O.HI/c1-13(7-4-8-13)9-19-12(18)20-10-5-2-3-6-11(10)21-14(15,16)17;/h2-3,5-6H,4,7-9H2,1H3,(H3,18,19,20);1H. The molecular weight excluding hydrogens is 410 g/mol. The third kappa shape index (κ3) is 5.54. The first-order valence-corrected chi connectivity index (χ1v) is 6.69. The monoisotopic (exact) mass is 429 g/mol. The predicted octanol–water partition coefficient (Wildman–Crippen LogP) is 4.12. The van der Waals surface area contributed by atoms with Gasteiger partial charge < -0.3 is 15.8 Å². The molecule has 0 heterocycles. The van der Waals surface area contributed by atoms with Gasteiger partial charge in [-0.3, -0.25) is 4.99 Å². The smallest absolute Gasteiger partial charge is 0.404 e. The fraction of sp³-hybridized carbons (Fsp3) is 0.500. The van der Waals surface area contributed by atoms with Crippen molar-refractivity contribution in [2.75, 3.05) is 11.9 Å². The molecule has 1 aliphatic rings. The third-order valence-corrected chi connectivity index (χ3v) is 3.57. The van der Waals surface area contributed by atoms with Gasteiger partial charge in [0.2, 0.25) is 0 Å². The van der Waals surface area contributed by atoms with Crippen LogP contribution in [0, 0.1) is 5.41 Å². The quantitative estimate of drug-likeness (QED) is 0.430. The number of nitrogens with one attached hydrogen (secondary N) is 1. The van der Waals surface area contributed by atoms with Crippen LogP contribution in [0.25, 0.3) is 0 Å². The number of hydrogen-bond donors (Lipinski definition) is 2. The van der Waals surface area contributed by atoms with E-state index in [4.69, 9.17) is 5.73 Å². The van der Waals surface area contributed by atoms with Crippen LogP contribution in [0.1, 0.15) is 26.2 Å². The number of para-hydroxylation sites is 2. The van der Waals surface area contributed by atoms with Crippen LogP contribution >= 0.6 is 24.0 Å². The van der Waals surface area contributed by atoms with Crippen molar-refractivity contribution in [3.8, 4) is 5.75 Å². The summed E-state index contributed by atoms with van der Waals surface area (Å²) in [5, 5.41) is 2.66. The molecule has 22 heavy (non-hydrogen) atoms. The van der Waals surface area contributed by atoms with E-state index in [-0.39, 0.29) is 46.8 Å². The van der Waals surface area contributed by atoms with Gasteiger partial charge in [0.05, 0.1) is 5.69 Å². The molecular formula is C14H19F3IN3O. The van der Waals surface area contributed by atoms with Gasteiger partial charge in [0, 0.05) is 6.54 Å². The largest absolute Gasteiger partial charge is 0.573 e. The van der Waals surface area contributed by atoms with Crippen LogP contribution in [0.5, 0.6) is 5.75 Å². The molecule has 3 N–H and O–H groups in total. The third-order valence-electron chi connectivity index (χ3n) is 3.57. The molecule has 0 bridgehead atoms. The number of guanidine groups is 1. The lowest BCUT2D eigenvalue weighted by atomic mass is 9.71. The van der Waals surface area contributed by atoms with Crippen molar-refractivity contribution in [2.24, 2.45) is 16.1 Å². The van der Waals surface area contributed by atoms with Crippen molar-refractivity contribution < 1.29 is 17.9 Å². The summed E-state index contributed by atoms with van der Waals surface area (Å²) in [7, 11) is 0. The summed E-state index contributed by atoms with van der Waals surface area (Å²) in [6, 6.07) is 5.71. The van der Waals surface area contributed by atoms with Gasteiger partial charge in [0.15, 0.2) is 11.7 Å². The van der Waals surface area contributed by atoms with Gasteiger partial charge in [-0.05, 0) is 30.4 Å². The van der Waals surface area contributed by atoms with Crippen molar-refractivity contribution in [1.82, 2.24) is 0 Å². The summed E-state index contributed by atoms with van der Waals surface area (Å²) >= 11 is 0. The minimum Gasteiger partial charge on any atom is -0.404 e. The van der Waals surface area contributed by atoms with Crippen molar-refractivity contribution in [3.05, 3.63) is 24.3 Å². The average Bonchev–Trinajstić information content (AvgIpc) is 2.35. The molecule has 1 fully saturated rings. The van der Waals surface area contributed by atoms with Gasteiger partial charge >= 0.3 is 6.36 Å². The first-order valence-electron chi connectivity index (χ1n) is 6.69. The molecule has 0 aromatic heterocycles. The Labute approximate surface area is 144 Å². The van der Waals surface area contributed by atoms with E-state index in [1.165, 1.54) is 24.6 Å². The Hall–Kier alpha value is -1.19. The van der Waals surface area contributed by atoms with E-state index in [1.807, 2.05) is 0 Å². The topological polar surface area (TPSA) is 59.6 Å². The van der Waals surface area contributed by atoms with E-state index in [0.717, 1.165) is 12.8 Å². The van der Waals surface area contributed by atoms with Crippen LogP contribution in [0.3, 0.4) is 0 Å². The summed E-state index contributed by atoms with van der Waals surface area (Å²) in [5.41, 5.74) is 6.02. The summed E-state index contributed by atoms with van der Waals surface area (Å²) in [6.07, 6.45) is -1.38. The SMILES string of the molecule is CC1(CN=C(N)Nc2ccccc2OC(F)(F)F)CCC1.I. The number of anilines is 1. The number of halogens is 4. The zero-order chi connectivity index (χ0) is 15.5. The molecule has 0 radical (unpaired) electrons. The lowest BCUT2D eigenvalue weighted by Gasteiger charge is -2.36. The summed E-state index contributed by atoms with van der Waals surface area (Å²) in [4.78, 5) is 4.20. The van der Waals surface area contributed by atoms with E-state index >= 15 is 0 Å². The zero-order valence-corrected chi connectivity index (χ0v) is 14.4. The molecule has 1 aliphatic carbocycles. The van der Waals surface area contributed by atoms with E-state index in [2.05, 4.69) is 22.0 Å². The van der Waals surface area contributed by atoms with Crippen LogP contribution in [-0.2, 0) is 0 Å². The summed E-state index contributed by atoms with van der Waals surface area (Å²) in [6.45, 7) is 2.68. The highest BCUT2D eigenvalue weighted by molar-refractivity contribution is 14.0. The minimum absolute atomic E-state index is 0. The van der Waals surface area contributed by atoms with Gasteiger partial charge in [-0.25, -0.2) is 0 Å². The lowest BCUT2D eigenvalue weighted by Crippen LogP contribution is -2.31. The normalized spacial score (nSPS) is 17.2. The molecule has 0 amide bonds. The Balaban J connectivity index is 0.00000242. The molecule has 2 rings (SSSR count). The second-order valence-electron chi connectivity index (χ2n) is 5.53. The molecule has 0 saturated heterocycles. The Bertz CT molecular complexity index is 530. The van der Waals surface area contributed by atoms with Crippen LogP contribution in [0.15, 0.2) is 29.3 Å². The van der Waals surface area contributed by atoms with Crippen molar-refractivity contribution >= 4 is 35.6 Å². The van der Waals surface area contributed by atoms with E-state index < -0.39 is 6.36 Å². The first-order chi connectivity index (χ1) is 9.77. The molecule has 0 aliphatic heterocycles. The highest BCUT2D eigenvalue weighted by atomic mass is 127. The fourth-order valence-electron chi connectivity index (χ4n) is 2.18. The van der Waals surface area contributed by atoms with Crippen LogP contribution in [0.2, 0.25) is 0 Å². The van der Waals surface area contributed by atoms with Crippen LogP contribution in [-0.4, -0.2) is 18.9 Å². The van der Waals surface area contributed by atoms with Gasteiger partial charge in [-0.2, -0.15) is 0 Å². The summed E-state index contributed by atoms with van der Waals surface area (Å²) in [5.74, 6) is -0.251.